The number of hydrogen-bond acceptors (Lipinski definition) is 2. The average molecular weight is 218 g/mol. The summed E-state index contributed by atoms with van der Waals surface area (Å²) in [5, 5.41) is 2.85. The molecule has 0 radical (unpaired) electrons. The minimum absolute atomic E-state index is 0.100. The third-order valence-corrected chi connectivity index (χ3v) is 3.13. The number of rotatable bonds is 3. The molecule has 1 N–H and O–H groups in total. The Morgan fingerprint density at radius 2 is 2.19 bits per heavy atom. The number of amides is 1. The van der Waals surface area contributed by atoms with Gasteiger partial charge in [-0.1, -0.05) is 18.9 Å². The standard InChI is InChI=1S/C13H18N2O/c1-10-6-7-12(14-9-10)15-13(16)8-11-4-2-3-5-11/h6-7,9,11H,2-5,8H2,1H3,(H,14,15,16). The van der Waals surface area contributed by atoms with E-state index in [-0.39, 0.29) is 5.91 Å². The number of pyridine rings is 1. The molecule has 1 saturated carbocycles. The topological polar surface area (TPSA) is 42.0 Å². The number of aryl methyl sites for hydroxylation is 1. The van der Waals surface area contributed by atoms with Gasteiger partial charge in [-0.25, -0.2) is 4.98 Å². The van der Waals surface area contributed by atoms with Crippen LogP contribution in [0.3, 0.4) is 0 Å². The average Bonchev–Trinajstić information content (AvgIpc) is 2.74. The number of hydrogen-bond donors (Lipinski definition) is 1. The summed E-state index contributed by atoms with van der Waals surface area (Å²) in [4.78, 5) is 15.9. The predicted octanol–water partition coefficient (Wildman–Crippen LogP) is 2.91. The van der Waals surface area contributed by atoms with Crippen LogP contribution >= 0.6 is 0 Å². The van der Waals surface area contributed by atoms with E-state index >= 15 is 0 Å². The largest absolute Gasteiger partial charge is 0.311 e. The zero-order valence-corrected chi connectivity index (χ0v) is 9.70. The van der Waals surface area contributed by atoms with Crippen molar-refractivity contribution in [2.24, 2.45) is 5.92 Å². The highest BCUT2D eigenvalue weighted by Crippen LogP contribution is 2.27. The van der Waals surface area contributed by atoms with E-state index in [9.17, 15) is 4.79 Å². The van der Waals surface area contributed by atoms with Crippen LogP contribution in [0.5, 0.6) is 0 Å². The number of anilines is 1. The van der Waals surface area contributed by atoms with Gasteiger partial charge in [0.15, 0.2) is 0 Å². The van der Waals surface area contributed by atoms with Gasteiger partial charge in [-0.2, -0.15) is 0 Å². The van der Waals surface area contributed by atoms with Gasteiger partial charge < -0.3 is 5.32 Å². The number of nitrogens with zero attached hydrogens (tertiary/aromatic N) is 1. The molecule has 1 aromatic heterocycles. The highest BCUT2D eigenvalue weighted by molar-refractivity contribution is 5.89. The van der Waals surface area contributed by atoms with Gasteiger partial charge in [-0.15, -0.1) is 0 Å². The van der Waals surface area contributed by atoms with Crippen LogP contribution in [0.1, 0.15) is 37.7 Å². The molecule has 0 aliphatic heterocycles. The van der Waals surface area contributed by atoms with Crippen LogP contribution in [-0.4, -0.2) is 10.9 Å². The van der Waals surface area contributed by atoms with Crippen molar-refractivity contribution in [2.45, 2.75) is 39.0 Å². The maximum Gasteiger partial charge on any atom is 0.225 e. The number of nitrogens with one attached hydrogen (secondary N) is 1. The zero-order valence-electron chi connectivity index (χ0n) is 9.70. The summed E-state index contributed by atoms with van der Waals surface area (Å²) in [5.74, 6) is 1.35. The van der Waals surface area contributed by atoms with Crippen LogP contribution in [0.15, 0.2) is 18.3 Å². The first-order valence-electron chi connectivity index (χ1n) is 5.96. The second-order valence-electron chi connectivity index (χ2n) is 4.62. The smallest absolute Gasteiger partial charge is 0.225 e. The SMILES string of the molecule is Cc1ccc(NC(=O)CC2CCCC2)nc1. The van der Waals surface area contributed by atoms with Gasteiger partial charge >= 0.3 is 0 Å². The molecule has 16 heavy (non-hydrogen) atoms. The van der Waals surface area contributed by atoms with Crippen molar-refractivity contribution in [3.63, 3.8) is 0 Å². The van der Waals surface area contributed by atoms with Crippen LogP contribution in [0.25, 0.3) is 0 Å². The molecule has 1 amide bonds. The molecule has 1 fully saturated rings. The Morgan fingerprint density at radius 3 is 2.81 bits per heavy atom. The van der Waals surface area contributed by atoms with E-state index in [4.69, 9.17) is 0 Å². The van der Waals surface area contributed by atoms with E-state index in [1.54, 1.807) is 6.20 Å². The van der Waals surface area contributed by atoms with Crippen LogP contribution in [0.4, 0.5) is 5.82 Å². The van der Waals surface area contributed by atoms with Gasteiger partial charge in [0.2, 0.25) is 5.91 Å². The minimum Gasteiger partial charge on any atom is -0.311 e. The van der Waals surface area contributed by atoms with Crippen molar-refractivity contribution in [1.29, 1.82) is 0 Å². The van der Waals surface area contributed by atoms with Crippen molar-refractivity contribution >= 4 is 11.7 Å². The van der Waals surface area contributed by atoms with Crippen molar-refractivity contribution < 1.29 is 4.79 Å². The lowest BCUT2D eigenvalue weighted by Crippen LogP contribution is -2.15. The minimum atomic E-state index is 0.100. The van der Waals surface area contributed by atoms with Crippen LogP contribution in [0, 0.1) is 12.8 Å². The summed E-state index contributed by atoms with van der Waals surface area (Å²) in [6, 6.07) is 3.81. The number of aromatic nitrogens is 1. The van der Waals surface area contributed by atoms with Gasteiger partial charge in [0.25, 0.3) is 0 Å². The molecule has 0 spiro atoms. The van der Waals surface area contributed by atoms with Gasteiger partial charge in [0.05, 0.1) is 0 Å². The first-order chi connectivity index (χ1) is 7.74. The maximum atomic E-state index is 11.7. The molecule has 0 unspecified atom stereocenters. The van der Waals surface area contributed by atoms with E-state index in [1.807, 2.05) is 19.1 Å². The van der Waals surface area contributed by atoms with Gasteiger partial charge in [-0.05, 0) is 37.3 Å². The Balaban J connectivity index is 1.84. The molecule has 86 valence electrons. The van der Waals surface area contributed by atoms with Crippen LogP contribution in [-0.2, 0) is 4.79 Å². The lowest BCUT2D eigenvalue weighted by molar-refractivity contribution is -0.117. The Kier molecular flexibility index (Phi) is 3.54. The first-order valence-corrected chi connectivity index (χ1v) is 5.96. The fraction of sp³-hybridized carbons (Fsp3) is 0.538. The summed E-state index contributed by atoms with van der Waals surface area (Å²) in [6.07, 6.45) is 7.38. The number of carbonyl (C=O) groups is 1. The molecule has 1 aromatic rings. The quantitative estimate of drug-likeness (QED) is 0.847. The van der Waals surface area contributed by atoms with E-state index in [2.05, 4.69) is 10.3 Å². The van der Waals surface area contributed by atoms with Gasteiger partial charge in [0.1, 0.15) is 5.82 Å². The highest BCUT2D eigenvalue weighted by atomic mass is 16.1. The number of carbonyl (C=O) groups excluding carboxylic acids is 1. The Labute approximate surface area is 96.3 Å². The molecule has 0 atom stereocenters. The Morgan fingerprint density at radius 1 is 1.44 bits per heavy atom. The van der Waals surface area contributed by atoms with E-state index in [0.717, 1.165) is 5.56 Å². The zero-order chi connectivity index (χ0) is 11.4. The second kappa shape index (κ2) is 5.10. The molecule has 1 heterocycles. The Bertz CT molecular complexity index is 353. The van der Waals surface area contributed by atoms with Crippen LogP contribution < -0.4 is 5.32 Å². The summed E-state index contributed by atoms with van der Waals surface area (Å²) >= 11 is 0. The summed E-state index contributed by atoms with van der Waals surface area (Å²) in [5.41, 5.74) is 1.11. The summed E-state index contributed by atoms with van der Waals surface area (Å²) in [6.45, 7) is 1.98. The van der Waals surface area contributed by atoms with E-state index in [0.29, 0.717) is 18.2 Å². The third-order valence-electron chi connectivity index (χ3n) is 3.13. The normalized spacial score (nSPS) is 16.3. The summed E-state index contributed by atoms with van der Waals surface area (Å²) in [7, 11) is 0. The molecule has 0 bridgehead atoms. The van der Waals surface area contributed by atoms with E-state index < -0.39 is 0 Å². The monoisotopic (exact) mass is 218 g/mol. The van der Waals surface area contributed by atoms with Crippen LogP contribution in [0.2, 0.25) is 0 Å². The van der Waals surface area contributed by atoms with Crippen molar-refractivity contribution in [1.82, 2.24) is 4.98 Å². The predicted molar refractivity (Wildman–Crippen MR) is 64.2 cm³/mol. The molecular weight excluding hydrogens is 200 g/mol. The molecule has 0 aromatic carbocycles. The van der Waals surface area contributed by atoms with Crippen molar-refractivity contribution in [3.8, 4) is 0 Å². The maximum absolute atomic E-state index is 11.7. The second-order valence-corrected chi connectivity index (χ2v) is 4.62. The highest BCUT2D eigenvalue weighted by Gasteiger charge is 2.18. The molecule has 3 nitrogen and oxygen atoms in total. The van der Waals surface area contributed by atoms with Gasteiger partial charge in [0, 0.05) is 12.6 Å². The lowest BCUT2D eigenvalue weighted by Gasteiger charge is -2.08. The molecular formula is C13H18N2O. The Hall–Kier alpha value is -1.38. The third kappa shape index (κ3) is 3.05. The van der Waals surface area contributed by atoms with Crippen molar-refractivity contribution in [2.75, 3.05) is 5.32 Å². The molecule has 2 rings (SSSR count). The summed E-state index contributed by atoms with van der Waals surface area (Å²) < 4.78 is 0. The molecule has 1 aliphatic carbocycles. The fourth-order valence-corrected chi connectivity index (χ4v) is 2.21. The van der Waals surface area contributed by atoms with E-state index in [1.165, 1.54) is 25.7 Å². The van der Waals surface area contributed by atoms with Crippen molar-refractivity contribution in [3.05, 3.63) is 23.9 Å². The van der Waals surface area contributed by atoms with Gasteiger partial charge in [-0.3, -0.25) is 4.79 Å². The lowest BCUT2D eigenvalue weighted by atomic mass is 10.0. The molecule has 0 saturated heterocycles. The first kappa shape index (κ1) is 11.1. The fourth-order valence-electron chi connectivity index (χ4n) is 2.21. The molecule has 1 aliphatic rings. The molecule has 3 heteroatoms.